The van der Waals surface area contributed by atoms with Crippen LogP contribution in [0.3, 0.4) is 0 Å². The lowest BCUT2D eigenvalue weighted by Gasteiger charge is -2.13. The minimum atomic E-state index is -0.209. The first kappa shape index (κ1) is 18.4. The third-order valence-electron chi connectivity index (χ3n) is 6.25. The van der Waals surface area contributed by atoms with Gasteiger partial charge in [-0.3, -0.25) is 18.7 Å². The number of pyridine rings is 1. The molecule has 1 aromatic carbocycles. The summed E-state index contributed by atoms with van der Waals surface area (Å²) in [7, 11) is 0. The third-order valence-corrected chi connectivity index (χ3v) is 6.25. The van der Waals surface area contributed by atoms with E-state index in [0.717, 1.165) is 29.6 Å². The van der Waals surface area contributed by atoms with Gasteiger partial charge in [0, 0.05) is 11.6 Å². The summed E-state index contributed by atoms with van der Waals surface area (Å²) in [4.78, 5) is 22.8. The molecule has 0 radical (unpaired) electrons. The standard InChI is InChI=1S/C23H18N8O/c1-23(9-10-23)21-19(31(13-24)28-27-21)18-20-22(32)29(12-15-6-4-5-11-25-15)16-7-2-3-8-17(16)30(20)14-26-18/h2-8,11,14H,9-10,12H2,1H3. The Morgan fingerprint density at radius 2 is 1.88 bits per heavy atom. The van der Waals surface area contributed by atoms with Gasteiger partial charge >= 0.3 is 0 Å². The monoisotopic (exact) mass is 422 g/mol. The molecule has 0 spiro atoms. The number of nitriles is 1. The fourth-order valence-corrected chi connectivity index (χ4v) is 4.25. The molecule has 0 aliphatic heterocycles. The smallest absolute Gasteiger partial charge is 0.278 e. The van der Waals surface area contributed by atoms with E-state index in [-0.39, 0.29) is 11.0 Å². The van der Waals surface area contributed by atoms with Crippen LogP contribution < -0.4 is 5.56 Å². The molecular formula is C23H18N8O. The molecule has 4 heterocycles. The SMILES string of the molecule is CC1(c2nnn(C#N)c2-c2ncn3c2c(=O)n(Cc2ccccn2)c2ccccc23)CC1. The van der Waals surface area contributed by atoms with Crippen molar-refractivity contribution in [3.8, 4) is 17.6 Å². The second-order valence-electron chi connectivity index (χ2n) is 8.37. The molecule has 1 aliphatic carbocycles. The first-order valence-electron chi connectivity index (χ1n) is 10.4. The van der Waals surface area contributed by atoms with Gasteiger partial charge in [0.05, 0.1) is 29.0 Å². The lowest BCUT2D eigenvalue weighted by molar-refractivity contribution is 0.735. The van der Waals surface area contributed by atoms with Gasteiger partial charge in [-0.1, -0.05) is 30.3 Å². The Hall–Kier alpha value is -4.32. The van der Waals surface area contributed by atoms with E-state index >= 15 is 0 Å². The van der Waals surface area contributed by atoms with Gasteiger partial charge < -0.3 is 0 Å². The zero-order valence-electron chi connectivity index (χ0n) is 17.3. The van der Waals surface area contributed by atoms with E-state index in [1.165, 1.54) is 4.68 Å². The molecule has 0 amide bonds. The van der Waals surface area contributed by atoms with Gasteiger partial charge in [-0.15, -0.1) is 9.78 Å². The van der Waals surface area contributed by atoms with Crippen LogP contribution in [0.2, 0.25) is 0 Å². The molecule has 32 heavy (non-hydrogen) atoms. The highest BCUT2D eigenvalue weighted by Gasteiger charge is 2.45. The number of fused-ring (bicyclic) bond motifs is 3. The van der Waals surface area contributed by atoms with Crippen LogP contribution in [0.15, 0.2) is 59.8 Å². The molecule has 156 valence electrons. The zero-order valence-corrected chi connectivity index (χ0v) is 17.3. The van der Waals surface area contributed by atoms with Gasteiger partial charge in [-0.2, -0.15) is 5.26 Å². The van der Waals surface area contributed by atoms with Crippen molar-refractivity contribution in [2.24, 2.45) is 0 Å². The number of imidazole rings is 1. The molecule has 9 heteroatoms. The highest BCUT2D eigenvalue weighted by atomic mass is 16.1. The molecule has 0 saturated heterocycles. The summed E-state index contributed by atoms with van der Waals surface area (Å²) < 4.78 is 4.66. The number of hydrogen-bond acceptors (Lipinski definition) is 6. The van der Waals surface area contributed by atoms with Crippen molar-refractivity contribution >= 4 is 16.6 Å². The van der Waals surface area contributed by atoms with Gasteiger partial charge in [0.1, 0.15) is 23.2 Å². The second-order valence-corrected chi connectivity index (χ2v) is 8.37. The largest absolute Gasteiger partial charge is 0.299 e. The molecule has 1 saturated carbocycles. The number of rotatable bonds is 4. The lowest BCUT2D eigenvalue weighted by Crippen LogP contribution is -2.24. The summed E-state index contributed by atoms with van der Waals surface area (Å²) in [6, 6.07) is 13.3. The van der Waals surface area contributed by atoms with Crippen molar-refractivity contribution in [3.05, 3.63) is 76.7 Å². The van der Waals surface area contributed by atoms with Crippen molar-refractivity contribution in [2.75, 3.05) is 0 Å². The highest BCUT2D eigenvalue weighted by molar-refractivity contribution is 5.85. The van der Waals surface area contributed by atoms with Crippen molar-refractivity contribution in [3.63, 3.8) is 0 Å². The van der Waals surface area contributed by atoms with Crippen LogP contribution in [0.1, 0.15) is 31.2 Å². The summed E-state index contributed by atoms with van der Waals surface area (Å²) in [5, 5.41) is 18.0. The molecule has 0 N–H and O–H groups in total. The van der Waals surface area contributed by atoms with Gasteiger partial charge in [-0.25, -0.2) is 4.98 Å². The van der Waals surface area contributed by atoms with Crippen LogP contribution in [0.25, 0.3) is 27.9 Å². The number of benzene rings is 1. The molecule has 1 fully saturated rings. The third kappa shape index (κ3) is 2.59. The van der Waals surface area contributed by atoms with Crippen molar-refractivity contribution in [2.45, 2.75) is 31.7 Å². The summed E-state index contributed by atoms with van der Waals surface area (Å²) in [5.41, 5.74) is 4.06. The normalized spacial score (nSPS) is 14.6. The predicted molar refractivity (Wildman–Crippen MR) is 117 cm³/mol. The lowest BCUT2D eigenvalue weighted by atomic mass is 10.0. The van der Waals surface area contributed by atoms with E-state index in [9.17, 15) is 10.1 Å². The zero-order chi connectivity index (χ0) is 21.9. The molecule has 0 bridgehead atoms. The van der Waals surface area contributed by atoms with E-state index in [0.29, 0.717) is 29.1 Å². The minimum absolute atomic E-state index is 0.149. The Morgan fingerprint density at radius 3 is 2.59 bits per heavy atom. The Balaban J connectivity index is 1.68. The predicted octanol–water partition coefficient (Wildman–Crippen LogP) is 2.73. The summed E-state index contributed by atoms with van der Waals surface area (Å²) in [5.74, 6) is 0. The van der Waals surface area contributed by atoms with E-state index in [2.05, 4.69) is 33.4 Å². The summed E-state index contributed by atoms with van der Waals surface area (Å²) in [6.45, 7) is 2.41. The van der Waals surface area contributed by atoms with E-state index in [1.807, 2.05) is 42.5 Å². The van der Waals surface area contributed by atoms with Crippen molar-refractivity contribution in [1.82, 2.24) is 33.9 Å². The number of aromatic nitrogens is 7. The Morgan fingerprint density at radius 1 is 1.09 bits per heavy atom. The molecule has 0 atom stereocenters. The quantitative estimate of drug-likeness (QED) is 0.441. The van der Waals surface area contributed by atoms with Crippen LogP contribution in [0.4, 0.5) is 0 Å². The van der Waals surface area contributed by atoms with Crippen molar-refractivity contribution < 1.29 is 0 Å². The van der Waals surface area contributed by atoms with Crippen LogP contribution in [-0.4, -0.2) is 33.9 Å². The van der Waals surface area contributed by atoms with Gasteiger partial charge in [0.2, 0.25) is 6.19 Å². The highest BCUT2D eigenvalue weighted by Crippen LogP contribution is 2.49. The fraction of sp³-hybridized carbons (Fsp3) is 0.217. The minimum Gasteiger partial charge on any atom is -0.299 e. The van der Waals surface area contributed by atoms with Crippen LogP contribution in [-0.2, 0) is 12.0 Å². The molecular weight excluding hydrogens is 404 g/mol. The average molecular weight is 422 g/mol. The number of para-hydroxylation sites is 2. The second kappa shape index (κ2) is 6.59. The summed E-state index contributed by atoms with van der Waals surface area (Å²) in [6.07, 6.45) is 7.32. The van der Waals surface area contributed by atoms with Crippen LogP contribution in [0.5, 0.6) is 0 Å². The van der Waals surface area contributed by atoms with E-state index in [1.54, 1.807) is 21.5 Å². The van der Waals surface area contributed by atoms with Gasteiger partial charge in [-0.05, 0) is 37.1 Å². The van der Waals surface area contributed by atoms with Gasteiger partial charge in [0.25, 0.3) is 5.56 Å². The molecule has 4 aromatic heterocycles. The van der Waals surface area contributed by atoms with Crippen LogP contribution >= 0.6 is 0 Å². The topological polar surface area (TPSA) is 107 Å². The maximum atomic E-state index is 13.8. The Bertz CT molecular complexity index is 1600. The van der Waals surface area contributed by atoms with E-state index < -0.39 is 0 Å². The van der Waals surface area contributed by atoms with Crippen molar-refractivity contribution in [1.29, 1.82) is 5.26 Å². The maximum Gasteiger partial charge on any atom is 0.278 e. The molecule has 6 rings (SSSR count). The van der Waals surface area contributed by atoms with Gasteiger partial charge in [0.15, 0.2) is 0 Å². The fourth-order valence-electron chi connectivity index (χ4n) is 4.25. The average Bonchev–Trinajstić information content (AvgIpc) is 3.24. The molecule has 5 aromatic rings. The first-order chi connectivity index (χ1) is 15.6. The van der Waals surface area contributed by atoms with E-state index in [4.69, 9.17) is 0 Å². The van der Waals surface area contributed by atoms with Crippen LogP contribution in [0, 0.1) is 11.5 Å². The number of hydrogen-bond donors (Lipinski definition) is 0. The molecule has 9 nitrogen and oxygen atoms in total. The Labute approximate surface area is 182 Å². The summed E-state index contributed by atoms with van der Waals surface area (Å²) >= 11 is 0. The Kier molecular flexibility index (Phi) is 3.80. The first-order valence-corrected chi connectivity index (χ1v) is 10.4. The molecule has 1 aliphatic rings. The maximum absolute atomic E-state index is 13.8. The number of nitrogens with zero attached hydrogens (tertiary/aromatic N) is 8. The molecule has 0 unspecified atom stereocenters.